The molecule has 8 heteroatoms. The lowest BCUT2D eigenvalue weighted by molar-refractivity contribution is 0.0704. The number of nitrogens with zero attached hydrogens (tertiary/aromatic N) is 1. The highest BCUT2D eigenvalue weighted by atomic mass is 32.1. The van der Waals surface area contributed by atoms with Crippen LogP contribution in [0.4, 0.5) is 0 Å². The van der Waals surface area contributed by atoms with Gasteiger partial charge in [-0.2, -0.15) is 0 Å². The fourth-order valence-electron chi connectivity index (χ4n) is 3.08. The predicted octanol–water partition coefficient (Wildman–Crippen LogP) is 3.31. The largest absolute Gasteiger partial charge is 0.493 e. The molecule has 1 amide bonds. The molecular formula is C23H24N2O5S. The van der Waals surface area contributed by atoms with Crippen LogP contribution in [0.15, 0.2) is 36.4 Å². The summed E-state index contributed by atoms with van der Waals surface area (Å²) in [4.78, 5) is 17.4. The lowest BCUT2D eigenvalue weighted by Gasteiger charge is -2.17. The summed E-state index contributed by atoms with van der Waals surface area (Å²) < 4.78 is 22.8. The minimum Gasteiger partial charge on any atom is -0.493 e. The maximum absolute atomic E-state index is 12.8. The van der Waals surface area contributed by atoms with Gasteiger partial charge in [-0.25, -0.2) is 4.98 Å². The number of rotatable bonds is 10. The van der Waals surface area contributed by atoms with Crippen molar-refractivity contribution in [2.75, 3.05) is 34.5 Å². The van der Waals surface area contributed by atoms with Crippen LogP contribution in [-0.4, -0.2) is 51.5 Å². The first kappa shape index (κ1) is 22.4. The number of benzene rings is 2. The van der Waals surface area contributed by atoms with Crippen LogP contribution in [0.3, 0.4) is 0 Å². The lowest BCUT2D eigenvalue weighted by Crippen LogP contribution is -2.35. The van der Waals surface area contributed by atoms with E-state index in [1.54, 1.807) is 23.5 Å². The number of para-hydroxylation sites is 1. The van der Waals surface area contributed by atoms with Crippen molar-refractivity contribution in [3.8, 4) is 29.6 Å². The molecule has 0 bridgehead atoms. The molecule has 0 aliphatic heterocycles. The van der Waals surface area contributed by atoms with Gasteiger partial charge in [0.15, 0.2) is 11.5 Å². The Morgan fingerprint density at radius 3 is 2.48 bits per heavy atom. The predicted molar refractivity (Wildman–Crippen MR) is 120 cm³/mol. The smallest absolute Gasteiger partial charge is 0.251 e. The fourth-order valence-corrected chi connectivity index (χ4v) is 4.11. The number of thiazole rings is 1. The molecule has 31 heavy (non-hydrogen) atoms. The molecular weight excluding hydrogens is 416 g/mol. The summed E-state index contributed by atoms with van der Waals surface area (Å²) in [6, 6.07) is 11.1. The van der Waals surface area contributed by atoms with Crippen molar-refractivity contribution < 1.29 is 23.7 Å². The van der Waals surface area contributed by atoms with Crippen molar-refractivity contribution in [3.05, 3.63) is 47.0 Å². The van der Waals surface area contributed by atoms with Crippen LogP contribution in [0.2, 0.25) is 0 Å². The molecule has 7 nitrogen and oxygen atoms in total. The van der Waals surface area contributed by atoms with Crippen molar-refractivity contribution in [1.82, 2.24) is 10.3 Å². The van der Waals surface area contributed by atoms with Crippen molar-refractivity contribution in [3.63, 3.8) is 0 Å². The second-order valence-corrected chi connectivity index (χ2v) is 7.66. The van der Waals surface area contributed by atoms with Crippen molar-refractivity contribution in [2.24, 2.45) is 0 Å². The van der Waals surface area contributed by atoms with E-state index in [0.717, 1.165) is 15.2 Å². The number of aromatic nitrogens is 1. The van der Waals surface area contributed by atoms with Crippen molar-refractivity contribution in [1.29, 1.82) is 0 Å². The summed E-state index contributed by atoms with van der Waals surface area (Å²) in [6.07, 6.45) is 5.58. The van der Waals surface area contributed by atoms with Gasteiger partial charge in [0.2, 0.25) is 5.75 Å². The molecule has 0 fully saturated rings. The van der Waals surface area contributed by atoms with E-state index in [4.69, 9.17) is 25.4 Å². The summed E-state index contributed by atoms with van der Waals surface area (Å²) in [6.45, 7) is 0.419. The molecule has 1 N–H and O–H groups in total. The average Bonchev–Trinajstić information content (AvgIpc) is 3.21. The van der Waals surface area contributed by atoms with E-state index >= 15 is 0 Å². The van der Waals surface area contributed by atoms with E-state index in [9.17, 15) is 4.79 Å². The molecule has 3 aromatic rings. The Kier molecular flexibility index (Phi) is 7.70. The Morgan fingerprint density at radius 2 is 1.87 bits per heavy atom. The van der Waals surface area contributed by atoms with E-state index in [2.05, 4.69) is 16.2 Å². The Bertz CT molecular complexity index is 1030. The molecule has 0 radical (unpaired) electrons. The number of methoxy groups -OCH3 is 3. The number of carbonyl (C=O) groups excluding carboxylic acids is 1. The van der Waals surface area contributed by atoms with E-state index in [1.807, 2.05) is 24.3 Å². The maximum Gasteiger partial charge on any atom is 0.251 e. The molecule has 1 heterocycles. The number of fused-ring (bicyclic) bond motifs is 1. The van der Waals surface area contributed by atoms with Gasteiger partial charge in [0.25, 0.3) is 5.91 Å². The van der Waals surface area contributed by atoms with Crippen LogP contribution in [-0.2, 0) is 11.2 Å². The molecule has 162 valence electrons. The van der Waals surface area contributed by atoms with Gasteiger partial charge in [0.1, 0.15) is 6.61 Å². The number of terminal acetylenes is 1. The van der Waals surface area contributed by atoms with Gasteiger partial charge in [0, 0.05) is 18.5 Å². The second-order valence-electron chi connectivity index (χ2n) is 6.54. The van der Waals surface area contributed by atoms with Gasteiger partial charge < -0.3 is 24.3 Å². The molecule has 0 saturated carbocycles. The zero-order valence-electron chi connectivity index (χ0n) is 17.6. The summed E-state index contributed by atoms with van der Waals surface area (Å²) in [5.41, 5.74) is 1.32. The van der Waals surface area contributed by atoms with E-state index in [-0.39, 0.29) is 25.2 Å². The number of hydrogen-bond acceptors (Lipinski definition) is 7. The molecule has 0 aliphatic rings. The number of carbonyl (C=O) groups is 1. The Balaban J connectivity index is 1.72. The topological polar surface area (TPSA) is 78.9 Å². The highest BCUT2D eigenvalue weighted by Crippen LogP contribution is 2.38. The minimum atomic E-state index is -0.317. The molecule has 0 saturated heterocycles. The SMILES string of the molecule is C#CCOC(CNC(=O)c1cc(OC)c(OC)c(OC)c1)Cc1nc2ccccc2s1. The Labute approximate surface area is 185 Å². The van der Waals surface area contributed by atoms with Crippen LogP contribution in [0, 0.1) is 12.3 Å². The third-order valence-electron chi connectivity index (χ3n) is 4.56. The third kappa shape index (κ3) is 5.45. The normalized spacial score (nSPS) is 11.5. The van der Waals surface area contributed by atoms with Gasteiger partial charge in [-0.3, -0.25) is 4.79 Å². The van der Waals surface area contributed by atoms with Crippen LogP contribution in [0.1, 0.15) is 15.4 Å². The molecule has 2 aromatic carbocycles. The van der Waals surface area contributed by atoms with E-state index < -0.39 is 0 Å². The van der Waals surface area contributed by atoms with Crippen LogP contribution < -0.4 is 19.5 Å². The number of ether oxygens (including phenoxy) is 4. The third-order valence-corrected chi connectivity index (χ3v) is 5.62. The highest BCUT2D eigenvalue weighted by molar-refractivity contribution is 7.18. The van der Waals surface area contributed by atoms with Gasteiger partial charge >= 0.3 is 0 Å². The summed E-state index contributed by atoms with van der Waals surface area (Å²) in [7, 11) is 4.51. The zero-order valence-corrected chi connectivity index (χ0v) is 18.5. The highest BCUT2D eigenvalue weighted by Gasteiger charge is 2.19. The van der Waals surface area contributed by atoms with Gasteiger partial charge in [-0.05, 0) is 24.3 Å². The van der Waals surface area contributed by atoms with Crippen LogP contribution in [0.25, 0.3) is 10.2 Å². The first-order valence-corrected chi connectivity index (χ1v) is 10.4. The molecule has 1 unspecified atom stereocenters. The first-order chi connectivity index (χ1) is 15.1. The lowest BCUT2D eigenvalue weighted by atomic mass is 10.1. The van der Waals surface area contributed by atoms with Crippen molar-refractivity contribution >= 4 is 27.5 Å². The molecule has 3 rings (SSSR count). The number of hydrogen-bond donors (Lipinski definition) is 1. The summed E-state index contributed by atoms with van der Waals surface area (Å²) in [5.74, 6) is 3.41. The quantitative estimate of drug-likeness (QED) is 0.488. The van der Waals surface area contributed by atoms with Gasteiger partial charge in [-0.1, -0.05) is 18.1 Å². The standard InChI is InChI=1S/C23H24N2O5S/c1-5-10-30-16(13-21-25-17-8-6-7-9-20(17)31-21)14-24-23(26)15-11-18(27-2)22(29-4)19(12-15)28-3/h1,6-9,11-12,16H,10,13-14H2,2-4H3,(H,24,26). The second kappa shape index (κ2) is 10.7. The van der Waals surface area contributed by atoms with Gasteiger partial charge in [-0.15, -0.1) is 17.8 Å². The van der Waals surface area contributed by atoms with Crippen LogP contribution in [0.5, 0.6) is 17.2 Å². The summed E-state index contributed by atoms with van der Waals surface area (Å²) >= 11 is 1.60. The van der Waals surface area contributed by atoms with E-state index in [0.29, 0.717) is 29.2 Å². The maximum atomic E-state index is 12.8. The summed E-state index contributed by atoms with van der Waals surface area (Å²) in [5, 5.41) is 3.82. The molecule has 0 aliphatic carbocycles. The monoisotopic (exact) mass is 440 g/mol. The molecule has 1 aromatic heterocycles. The average molecular weight is 441 g/mol. The fraction of sp³-hybridized carbons (Fsp3) is 0.304. The van der Waals surface area contributed by atoms with Crippen molar-refractivity contribution in [2.45, 2.75) is 12.5 Å². The molecule has 1 atom stereocenters. The Morgan fingerprint density at radius 1 is 1.16 bits per heavy atom. The minimum absolute atomic E-state index is 0.148. The number of nitrogens with one attached hydrogen (secondary N) is 1. The van der Waals surface area contributed by atoms with E-state index in [1.165, 1.54) is 21.3 Å². The number of amides is 1. The Hall–Kier alpha value is -3.28. The molecule has 0 spiro atoms. The zero-order chi connectivity index (χ0) is 22.2. The first-order valence-electron chi connectivity index (χ1n) is 9.57. The van der Waals surface area contributed by atoms with Gasteiger partial charge in [0.05, 0.1) is 42.7 Å². The van der Waals surface area contributed by atoms with Crippen LogP contribution >= 0.6 is 11.3 Å².